The highest BCUT2D eigenvalue weighted by Crippen LogP contribution is 2.26. The Hall–Kier alpha value is -4.27. The van der Waals surface area contributed by atoms with E-state index in [1.165, 1.54) is 0 Å². The van der Waals surface area contributed by atoms with Crippen LogP contribution in [0.25, 0.3) is 0 Å². The third-order valence-corrected chi connectivity index (χ3v) is 5.64. The number of carboxylic acid groups (broad SMARTS) is 1. The Morgan fingerprint density at radius 3 is 2.41 bits per heavy atom. The highest BCUT2D eigenvalue weighted by Gasteiger charge is 2.27. The number of para-hydroxylation sites is 1. The number of hydrogen-bond acceptors (Lipinski definition) is 7. The molecule has 4 rings (SSSR count). The number of carboxylic acids is 1. The average molecular weight is 506 g/mol. The molecule has 9 heteroatoms. The molecule has 0 bridgehead atoms. The molecule has 1 aliphatic heterocycles. The van der Waals surface area contributed by atoms with Crippen molar-refractivity contribution in [3.05, 3.63) is 78.1 Å². The van der Waals surface area contributed by atoms with Crippen LogP contribution in [-0.2, 0) is 11.3 Å². The van der Waals surface area contributed by atoms with Crippen LogP contribution >= 0.6 is 0 Å². The number of alkyl carbamates (subject to hydrolysis) is 1. The Labute approximate surface area is 216 Å². The minimum absolute atomic E-state index is 0.00360. The molecule has 1 aliphatic rings. The first-order chi connectivity index (χ1) is 17.7. The number of carbonyl (C=O) groups is 2. The second-order valence-corrected chi connectivity index (χ2v) is 9.75. The fraction of sp³-hybridized carbons (Fsp3) is 0.321. The van der Waals surface area contributed by atoms with Crippen LogP contribution in [-0.4, -0.2) is 46.9 Å². The first-order valence-corrected chi connectivity index (χ1v) is 12.1. The Bertz CT molecular complexity index is 1220. The summed E-state index contributed by atoms with van der Waals surface area (Å²) < 4.78 is 16.9. The van der Waals surface area contributed by atoms with Gasteiger partial charge in [0.15, 0.2) is 0 Å². The molecule has 0 saturated carbocycles. The highest BCUT2D eigenvalue weighted by molar-refractivity contribution is 5.90. The van der Waals surface area contributed by atoms with E-state index in [0.717, 1.165) is 12.2 Å². The van der Waals surface area contributed by atoms with Gasteiger partial charge in [-0.15, -0.1) is 0 Å². The lowest BCUT2D eigenvalue weighted by Gasteiger charge is -2.22. The Balaban J connectivity index is 1.35. The number of anilines is 1. The first kappa shape index (κ1) is 25.8. The average Bonchev–Trinajstić information content (AvgIpc) is 3.31. The molecule has 2 heterocycles. The molecule has 9 nitrogen and oxygen atoms in total. The van der Waals surface area contributed by atoms with Gasteiger partial charge < -0.3 is 29.5 Å². The van der Waals surface area contributed by atoms with Gasteiger partial charge in [-0.1, -0.05) is 18.2 Å². The van der Waals surface area contributed by atoms with Gasteiger partial charge in [0.1, 0.15) is 29.5 Å². The molecule has 1 fully saturated rings. The van der Waals surface area contributed by atoms with E-state index < -0.39 is 17.7 Å². The van der Waals surface area contributed by atoms with Crippen LogP contribution in [0.15, 0.2) is 66.9 Å². The molecule has 1 amide bonds. The number of nitrogens with one attached hydrogen (secondary N) is 1. The molecule has 1 saturated heterocycles. The number of hydrogen-bond donors (Lipinski definition) is 2. The lowest BCUT2D eigenvalue weighted by Crippen LogP contribution is -2.40. The number of carbonyl (C=O) groups excluding carboxylic acids is 1. The number of aromatic carboxylic acids is 1. The van der Waals surface area contributed by atoms with Gasteiger partial charge in [0.2, 0.25) is 0 Å². The van der Waals surface area contributed by atoms with Crippen molar-refractivity contribution in [3.63, 3.8) is 0 Å². The van der Waals surface area contributed by atoms with Gasteiger partial charge in [0, 0.05) is 13.1 Å². The molecule has 1 unspecified atom stereocenters. The maximum atomic E-state index is 12.1. The van der Waals surface area contributed by atoms with E-state index in [1.54, 1.807) is 36.5 Å². The third kappa shape index (κ3) is 7.36. The van der Waals surface area contributed by atoms with E-state index in [1.807, 2.05) is 56.0 Å². The summed E-state index contributed by atoms with van der Waals surface area (Å²) in [5.74, 6) is 0.884. The van der Waals surface area contributed by atoms with Gasteiger partial charge in [0.25, 0.3) is 0 Å². The van der Waals surface area contributed by atoms with Crippen LogP contribution in [0.5, 0.6) is 17.2 Å². The Morgan fingerprint density at radius 2 is 1.73 bits per heavy atom. The SMILES string of the molecule is CC(C)(C)OC(=O)NC1CCN(c2cnc(COc3ccc(Oc4ccccc4)cc3)c(C(=O)O)c2)C1. The Morgan fingerprint density at radius 1 is 1.05 bits per heavy atom. The fourth-order valence-electron chi connectivity index (χ4n) is 3.92. The number of aromatic nitrogens is 1. The summed E-state index contributed by atoms with van der Waals surface area (Å²) in [6.45, 7) is 6.64. The van der Waals surface area contributed by atoms with Crippen LogP contribution < -0.4 is 19.7 Å². The van der Waals surface area contributed by atoms with Crippen molar-refractivity contribution in [2.24, 2.45) is 0 Å². The van der Waals surface area contributed by atoms with Gasteiger partial charge in [-0.05, 0) is 69.7 Å². The molecule has 1 atom stereocenters. The van der Waals surface area contributed by atoms with Gasteiger partial charge >= 0.3 is 12.1 Å². The summed E-state index contributed by atoms with van der Waals surface area (Å²) >= 11 is 0. The summed E-state index contributed by atoms with van der Waals surface area (Å²) in [6, 6.07) is 18.0. The van der Waals surface area contributed by atoms with E-state index in [4.69, 9.17) is 14.2 Å². The topological polar surface area (TPSA) is 110 Å². The summed E-state index contributed by atoms with van der Waals surface area (Å²) in [4.78, 5) is 30.4. The maximum absolute atomic E-state index is 12.1. The maximum Gasteiger partial charge on any atom is 0.407 e. The van der Waals surface area contributed by atoms with Crippen molar-refractivity contribution in [2.45, 2.75) is 45.4 Å². The summed E-state index contributed by atoms with van der Waals surface area (Å²) in [7, 11) is 0. The van der Waals surface area contributed by atoms with Crippen LogP contribution in [0.2, 0.25) is 0 Å². The van der Waals surface area contributed by atoms with Crippen molar-refractivity contribution < 1.29 is 28.9 Å². The zero-order chi connectivity index (χ0) is 26.4. The van der Waals surface area contributed by atoms with Crippen LogP contribution in [0.4, 0.5) is 10.5 Å². The largest absolute Gasteiger partial charge is 0.487 e. The molecule has 2 aromatic carbocycles. The van der Waals surface area contributed by atoms with Crippen LogP contribution in [0.1, 0.15) is 43.2 Å². The van der Waals surface area contributed by atoms with Crippen molar-refractivity contribution in [3.8, 4) is 17.2 Å². The molecule has 0 aliphatic carbocycles. The van der Waals surface area contributed by atoms with Gasteiger partial charge in [-0.3, -0.25) is 4.98 Å². The second kappa shape index (κ2) is 11.2. The van der Waals surface area contributed by atoms with E-state index in [-0.39, 0.29) is 18.2 Å². The van der Waals surface area contributed by atoms with Crippen molar-refractivity contribution in [2.75, 3.05) is 18.0 Å². The zero-order valence-electron chi connectivity index (χ0n) is 21.1. The molecule has 3 aromatic rings. The third-order valence-electron chi connectivity index (χ3n) is 5.64. The van der Waals surface area contributed by atoms with Gasteiger partial charge in [-0.25, -0.2) is 9.59 Å². The number of ether oxygens (including phenoxy) is 3. The molecule has 2 N–H and O–H groups in total. The van der Waals surface area contributed by atoms with E-state index in [9.17, 15) is 14.7 Å². The zero-order valence-corrected chi connectivity index (χ0v) is 21.1. The standard InChI is InChI=1S/C28H31N3O6/c1-28(2,3)37-27(34)30-19-13-14-31(17-19)20-15-24(26(32)33)25(29-16-20)18-35-21-9-11-23(12-10-21)36-22-7-5-4-6-8-22/h4-12,15-16,19H,13-14,17-18H2,1-3H3,(H,30,34)(H,32,33). The molecular weight excluding hydrogens is 474 g/mol. The Kier molecular flexibility index (Phi) is 7.81. The molecule has 37 heavy (non-hydrogen) atoms. The number of rotatable bonds is 8. The molecule has 0 spiro atoms. The lowest BCUT2D eigenvalue weighted by molar-refractivity contribution is 0.0508. The van der Waals surface area contributed by atoms with Gasteiger partial charge in [0.05, 0.1) is 29.2 Å². The lowest BCUT2D eigenvalue weighted by atomic mass is 10.2. The minimum Gasteiger partial charge on any atom is -0.487 e. The first-order valence-electron chi connectivity index (χ1n) is 12.1. The van der Waals surface area contributed by atoms with E-state index >= 15 is 0 Å². The number of pyridine rings is 1. The fourth-order valence-corrected chi connectivity index (χ4v) is 3.92. The normalized spacial score (nSPS) is 15.2. The molecule has 194 valence electrons. The molecule has 0 radical (unpaired) electrons. The van der Waals surface area contributed by atoms with Crippen LogP contribution in [0.3, 0.4) is 0 Å². The van der Waals surface area contributed by atoms with E-state index in [0.29, 0.717) is 36.0 Å². The number of benzene rings is 2. The quantitative estimate of drug-likeness (QED) is 0.427. The van der Waals surface area contributed by atoms with Gasteiger partial charge in [-0.2, -0.15) is 0 Å². The highest BCUT2D eigenvalue weighted by atomic mass is 16.6. The second-order valence-electron chi connectivity index (χ2n) is 9.75. The smallest absolute Gasteiger partial charge is 0.407 e. The van der Waals surface area contributed by atoms with E-state index in [2.05, 4.69) is 10.3 Å². The predicted molar refractivity (Wildman–Crippen MR) is 138 cm³/mol. The monoisotopic (exact) mass is 505 g/mol. The summed E-state index contributed by atoms with van der Waals surface area (Å²) in [6.07, 6.45) is 1.89. The molecule has 1 aromatic heterocycles. The predicted octanol–water partition coefficient (Wildman–Crippen LogP) is 5.25. The summed E-state index contributed by atoms with van der Waals surface area (Å²) in [5, 5.41) is 12.7. The summed E-state index contributed by atoms with van der Waals surface area (Å²) in [5.41, 5.74) is 0.504. The van der Waals surface area contributed by atoms with Crippen molar-refractivity contribution in [1.82, 2.24) is 10.3 Å². The number of nitrogens with zero attached hydrogens (tertiary/aromatic N) is 2. The minimum atomic E-state index is -1.08. The van der Waals surface area contributed by atoms with Crippen molar-refractivity contribution in [1.29, 1.82) is 0 Å². The van der Waals surface area contributed by atoms with Crippen LogP contribution in [0, 0.1) is 0 Å². The molecular formula is C28H31N3O6. The number of amides is 1. The van der Waals surface area contributed by atoms with Crippen molar-refractivity contribution >= 4 is 17.7 Å².